The lowest BCUT2D eigenvalue weighted by molar-refractivity contribution is 0.0686. The first-order valence-corrected chi connectivity index (χ1v) is 4.67. The highest BCUT2D eigenvalue weighted by molar-refractivity contribution is 6.08. The molecule has 0 aliphatic rings. The minimum absolute atomic E-state index is 0.178. The third-order valence-electron chi connectivity index (χ3n) is 1.97. The number of imidazole rings is 1. The van der Waals surface area contributed by atoms with Gasteiger partial charge in [-0.25, -0.2) is 14.8 Å². The highest BCUT2D eigenvalue weighted by Gasteiger charge is 2.19. The van der Waals surface area contributed by atoms with Crippen molar-refractivity contribution in [1.29, 1.82) is 0 Å². The number of anilines is 1. The van der Waals surface area contributed by atoms with E-state index in [1.807, 2.05) is 0 Å². The van der Waals surface area contributed by atoms with Crippen LogP contribution in [0.25, 0.3) is 0 Å². The quantitative estimate of drug-likeness (QED) is 0.723. The molecule has 0 saturated heterocycles. The van der Waals surface area contributed by atoms with E-state index in [1.54, 1.807) is 18.2 Å². The molecule has 0 saturated carbocycles. The van der Waals surface area contributed by atoms with Gasteiger partial charge in [0, 0.05) is 6.20 Å². The molecule has 0 radical (unpaired) electrons. The molecule has 0 fully saturated rings. The van der Waals surface area contributed by atoms with E-state index in [0.29, 0.717) is 5.82 Å². The van der Waals surface area contributed by atoms with Crippen molar-refractivity contribution in [3.63, 3.8) is 0 Å². The van der Waals surface area contributed by atoms with Crippen LogP contribution >= 0.6 is 0 Å². The maximum atomic E-state index is 11.7. The van der Waals surface area contributed by atoms with Crippen LogP contribution in [-0.4, -0.2) is 31.9 Å². The third kappa shape index (κ3) is 2.28. The van der Waals surface area contributed by atoms with Gasteiger partial charge in [-0.15, -0.1) is 0 Å². The average molecular weight is 232 g/mol. The number of carboxylic acids is 1. The lowest BCUT2D eigenvalue weighted by atomic mass is 10.3. The van der Waals surface area contributed by atoms with Crippen molar-refractivity contribution in [3.8, 4) is 0 Å². The number of aromatic carboxylic acids is 1. The van der Waals surface area contributed by atoms with Gasteiger partial charge in [0.1, 0.15) is 5.82 Å². The van der Waals surface area contributed by atoms with Crippen LogP contribution in [-0.2, 0) is 0 Å². The molecule has 0 aliphatic carbocycles. The van der Waals surface area contributed by atoms with Gasteiger partial charge >= 0.3 is 5.97 Å². The molecule has 0 aliphatic heterocycles. The number of hydrogen-bond acceptors (Lipinski definition) is 4. The molecule has 0 spiro atoms. The van der Waals surface area contributed by atoms with Crippen molar-refractivity contribution in [3.05, 3.63) is 42.1 Å². The van der Waals surface area contributed by atoms with E-state index in [9.17, 15) is 9.59 Å². The maximum absolute atomic E-state index is 11.7. The lowest BCUT2D eigenvalue weighted by Gasteiger charge is -2.01. The van der Waals surface area contributed by atoms with Crippen LogP contribution in [0.3, 0.4) is 0 Å². The molecule has 2 aromatic rings. The van der Waals surface area contributed by atoms with Crippen molar-refractivity contribution in [2.24, 2.45) is 0 Å². The molecule has 2 aromatic heterocycles. The molecule has 17 heavy (non-hydrogen) atoms. The molecule has 0 atom stereocenters. The number of amides is 1. The van der Waals surface area contributed by atoms with E-state index < -0.39 is 11.9 Å². The highest BCUT2D eigenvalue weighted by atomic mass is 16.4. The van der Waals surface area contributed by atoms with Crippen LogP contribution in [0.1, 0.15) is 21.0 Å². The number of pyridine rings is 1. The van der Waals surface area contributed by atoms with Crippen LogP contribution in [0.2, 0.25) is 0 Å². The van der Waals surface area contributed by atoms with Crippen LogP contribution in [0.15, 0.2) is 30.7 Å². The lowest BCUT2D eigenvalue weighted by Crippen LogP contribution is -2.17. The highest BCUT2D eigenvalue weighted by Crippen LogP contribution is 2.07. The summed E-state index contributed by atoms with van der Waals surface area (Å²) in [6.07, 6.45) is 2.66. The SMILES string of the molecule is O=C(Nc1ccccn1)c1nc[nH]c1C(=O)O. The van der Waals surface area contributed by atoms with Crippen LogP contribution in [0.4, 0.5) is 5.82 Å². The molecule has 1 amide bonds. The van der Waals surface area contributed by atoms with Gasteiger partial charge in [0.15, 0.2) is 11.4 Å². The van der Waals surface area contributed by atoms with Gasteiger partial charge in [-0.05, 0) is 12.1 Å². The van der Waals surface area contributed by atoms with Crippen molar-refractivity contribution in [1.82, 2.24) is 15.0 Å². The Kier molecular flexibility index (Phi) is 2.82. The minimum Gasteiger partial charge on any atom is -0.477 e. The first kappa shape index (κ1) is 10.8. The number of aromatic nitrogens is 3. The smallest absolute Gasteiger partial charge is 0.354 e. The number of rotatable bonds is 3. The number of aromatic amines is 1. The first-order chi connectivity index (χ1) is 8.18. The normalized spacial score (nSPS) is 9.88. The first-order valence-electron chi connectivity index (χ1n) is 4.67. The molecule has 0 aromatic carbocycles. The average Bonchev–Trinajstić information content (AvgIpc) is 2.79. The minimum atomic E-state index is -1.24. The Morgan fingerprint density at radius 1 is 1.29 bits per heavy atom. The summed E-state index contributed by atoms with van der Waals surface area (Å²) in [5.74, 6) is -1.53. The number of nitrogens with zero attached hydrogens (tertiary/aromatic N) is 2. The summed E-state index contributed by atoms with van der Waals surface area (Å²) in [5, 5.41) is 11.2. The van der Waals surface area contributed by atoms with Gasteiger partial charge in [-0.2, -0.15) is 0 Å². The molecular weight excluding hydrogens is 224 g/mol. The summed E-state index contributed by atoms with van der Waals surface area (Å²) in [7, 11) is 0. The molecule has 2 heterocycles. The Balaban J connectivity index is 2.21. The zero-order valence-electron chi connectivity index (χ0n) is 8.54. The van der Waals surface area contributed by atoms with Gasteiger partial charge in [-0.3, -0.25) is 4.79 Å². The number of carbonyl (C=O) groups is 2. The monoisotopic (exact) mass is 232 g/mol. The van der Waals surface area contributed by atoms with Crippen LogP contribution in [0.5, 0.6) is 0 Å². The predicted molar refractivity (Wildman–Crippen MR) is 57.7 cm³/mol. The number of carbonyl (C=O) groups excluding carboxylic acids is 1. The fraction of sp³-hybridized carbons (Fsp3) is 0. The molecule has 0 unspecified atom stereocenters. The van der Waals surface area contributed by atoms with E-state index >= 15 is 0 Å². The Morgan fingerprint density at radius 2 is 2.12 bits per heavy atom. The van der Waals surface area contributed by atoms with E-state index in [1.165, 1.54) is 6.20 Å². The largest absolute Gasteiger partial charge is 0.477 e. The molecular formula is C10H8N4O3. The predicted octanol–water partition coefficient (Wildman–Crippen LogP) is 0.755. The molecule has 7 nitrogen and oxygen atoms in total. The summed E-state index contributed by atoms with van der Waals surface area (Å²) in [6.45, 7) is 0. The molecule has 86 valence electrons. The third-order valence-corrected chi connectivity index (χ3v) is 1.97. The Morgan fingerprint density at radius 3 is 2.76 bits per heavy atom. The standard InChI is InChI=1S/C10H8N4O3/c15-9(14-6-3-1-2-4-11-6)7-8(10(16)17)13-5-12-7/h1-5H,(H,12,13)(H,16,17)(H,11,14,15). The van der Waals surface area contributed by atoms with E-state index in [4.69, 9.17) is 5.11 Å². The van der Waals surface area contributed by atoms with Gasteiger partial charge in [-0.1, -0.05) is 6.07 Å². The summed E-state index contributed by atoms with van der Waals surface area (Å²) < 4.78 is 0. The Hall–Kier alpha value is -2.70. The fourth-order valence-corrected chi connectivity index (χ4v) is 1.24. The van der Waals surface area contributed by atoms with Crippen LogP contribution < -0.4 is 5.32 Å². The topological polar surface area (TPSA) is 108 Å². The fourth-order valence-electron chi connectivity index (χ4n) is 1.24. The molecule has 0 bridgehead atoms. The van der Waals surface area contributed by atoms with E-state index in [0.717, 1.165) is 6.33 Å². The van der Waals surface area contributed by atoms with E-state index in [2.05, 4.69) is 20.3 Å². The number of nitrogens with one attached hydrogen (secondary N) is 2. The van der Waals surface area contributed by atoms with E-state index in [-0.39, 0.29) is 11.4 Å². The van der Waals surface area contributed by atoms with Gasteiger partial charge in [0.05, 0.1) is 6.33 Å². The van der Waals surface area contributed by atoms with Crippen molar-refractivity contribution < 1.29 is 14.7 Å². The molecule has 3 N–H and O–H groups in total. The Bertz CT molecular complexity index is 550. The van der Waals surface area contributed by atoms with Crippen molar-refractivity contribution in [2.45, 2.75) is 0 Å². The second-order valence-corrected chi connectivity index (χ2v) is 3.10. The molecule has 2 rings (SSSR count). The van der Waals surface area contributed by atoms with Gasteiger partial charge in [0.2, 0.25) is 0 Å². The van der Waals surface area contributed by atoms with Gasteiger partial charge in [0.25, 0.3) is 5.91 Å². The summed E-state index contributed by atoms with van der Waals surface area (Å²) >= 11 is 0. The van der Waals surface area contributed by atoms with Gasteiger partial charge < -0.3 is 15.4 Å². The zero-order valence-corrected chi connectivity index (χ0v) is 8.54. The van der Waals surface area contributed by atoms with Crippen molar-refractivity contribution in [2.75, 3.05) is 5.32 Å². The second-order valence-electron chi connectivity index (χ2n) is 3.10. The Labute approximate surface area is 95.5 Å². The summed E-state index contributed by atoms with van der Waals surface area (Å²) in [4.78, 5) is 32.4. The van der Waals surface area contributed by atoms with Crippen molar-refractivity contribution >= 4 is 17.7 Å². The van der Waals surface area contributed by atoms with Crippen LogP contribution in [0, 0.1) is 0 Å². The molecule has 7 heteroatoms. The summed E-state index contributed by atoms with van der Waals surface area (Å²) in [6, 6.07) is 4.99. The maximum Gasteiger partial charge on any atom is 0.354 e. The number of hydrogen-bond donors (Lipinski definition) is 3. The number of carboxylic acid groups (broad SMARTS) is 1. The summed E-state index contributed by atoms with van der Waals surface area (Å²) in [5.41, 5.74) is -0.429. The zero-order chi connectivity index (χ0) is 12.3. The number of H-pyrrole nitrogens is 1. The second kappa shape index (κ2) is 4.44.